The predicted molar refractivity (Wildman–Crippen MR) is 215 cm³/mol. The minimum Gasteiger partial charge on any atom is -0.505 e. The van der Waals surface area contributed by atoms with Crippen molar-refractivity contribution in [2.75, 3.05) is 5.32 Å². The number of halogens is 3. The number of phenols is 2. The van der Waals surface area contributed by atoms with Gasteiger partial charge in [-0.1, -0.05) is 102 Å². The summed E-state index contributed by atoms with van der Waals surface area (Å²) in [5, 5.41) is 46.2. The molecule has 0 heterocycles. The van der Waals surface area contributed by atoms with Crippen LogP contribution in [0.5, 0.6) is 11.5 Å². The summed E-state index contributed by atoms with van der Waals surface area (Å²) in [5.41, 5.74) is 3.03. The first-order valence-electron chi connectivity index (χ1n) is 16.5. The van der Waals surface area contributed by atoms with Crippen LogP contribution in [0.25, 0.3) is 21.5 Å². The lowest BCUT2D eigenvalue weighted by molar-refractivity contribution is 0.0988. The highest BCUT2D eigenvalue weighted by Crippen LogP contribution is 2.42. The fraction of sp³-hybridized carbons (Fsp3) is 0.0476. The van der Waals surface area contributed by atoms with Crippen LogP contribution in [0, 0.1) is 6.92 Å². The van der Waals surface area contributed by atoms with Crippen LogP contribution in [-0.2, 0) is 6.42 Å². The van der Waals surface area contributed by atoms with Crippen LogP contribution >= 0.6 is 34.8 Å². The van der Waals surface area contributed by atoms with Crippen LogP contribution in [0.3, 0.4) is 0 Å². The zero-order valence-corrected chi connectivity index (χ0v) is 30.7. The molecule has 7 aromatic carbocycles. The van der Waals surface area contributed by atoms with E-state index in [1.165, 1.54) is 0 Å². The Morgan fingerprint density at radius 3 is 1.78 bits per heavy atom. The molecule has 0 spiro atoms. The molecule has 9 nitrogen and oxygen atoms in total. The van der Waals surface area contributed by atoms with E-state index in [2.05, 4.69) is 25.8 Å². The second kappa shape index (κ2) is 15.5. The maximum Gasteiger partial charge on any atom is 0.259 e. The van der Waals surface area contributed by atoms with E-state index in [9.17, 15) is 19.8 Å². The predicted octanol–water partition coefficient (Wildman–Crippen LogP) is 13.2. The molecule has 0 bridgehead atoms. The smallest absolute Gasteiger partial charge is 0.259 e. The minimum absolute atomic E-state index is 0.00499. The van der Waals surface area contributed by atoms with Gasteiger partial charge >= 0.3 is 0 Å². The molecular weight excluding hydrogens is 745 g/mol. The topological polar surface area (TPSA) is 136 Å². The number of carbonyl (C=O) groups excluding carboxylic acids is 2. The molecule has 0 unspecified atom stereocenters. The first-order valence-corrected chi connectivity index (χ1v) is 17.7. The monoisotopic (exact) mass is 771 g/mol. The van der Waals surface area contributed by atoms with Gasteiger partial charge in [0.05, 0.1) is 21.2 Å². The van der Waals surface area contributed by atoms with Gasteiger partial charge in [0.1, 0.15) is 22.7 Å². The van der Waals surface area contributed by atoms with Gasteiger partial charge in [-0.05, 0) is 83.4 Å². The number of hydrogen-bond donors (Lipinski definition) is 3. The Labute approximate surface area is 324 Å². The van der Waals surface area contributed by atoms with E-state index in [0.717, 1.165) is 5.56 Å². The van der Waals surface area contributed by atoms with E-state index < -0.39 is 5.91 Å². The van der Waals surface area contributed by atoms with E-state index in [-0.39, 0.29) is 46.2 Å². The number of phenolic OH excluding ortho intramolecular Hbond substituents is 2. The Hall–Kier alpha value is -6.13. The van der Waals surface area contributed by atoms with Crippen LogP contribution in [0.4, 0.5) is 28.4 Å². The van der Waals surface area contributed by atoms with Gasteiger partial charge < -0.3 is 15.5 Å². The number of rotatable bonds is 9. The molecule has 1 amide bonds. The second-order valence-corrected chi connectivity index (χ2v) is 13.6. The van der Waals surface area contributed by atoms with Crippen molar-refractivity contribution in [2.24, 2.45) is 20.5 Å². The number of fused-ring (bicyclic) bond motifs is 2. The van der Waals surface area contributed by atoms with Gasteiger partial charge in [-0.15, -0.1) is 20.5 Å². The molecule has 0 fully saturated rings. The molecule has 0 atom stereocenters. The van der Waals surface area contributed by atoms with Crippen LogP contribution in [0.15, 0.2) is 142 Å². The van der Waals surface area contributed by atoms with Crippen molar-refractivity contribution in [1.29, 1.82) is 0 Å². The average Bonchev–Trinajstić information content (AvgIpc) is 3.16. The normalized spacial score (nSPS) is 11.6. The van der Waals surface area contributed by atoms with Gasteiger partial charge in [-0.3, -0.25) is 9.59 Å². The summed E-state index contributed by atoms with van der Waals surface area (Å²) in [4.78, 5) is 27.1. The number of ketones is 1. The van der Waals surface area contributed by atoms with Crippen molar-refractivity contribution in [2.45, 2.75) is 13.3 Å². The molecule has 0 saturated carbocycles. The molecular formula is C42H28Cl3N5O4. The molecule has 54 heavy (non-hydrogen) atoms. The highest BCUT2D eigenvalue weighted by molar-refractivity contribution is 6.35. The van der Waals surface area contributed by atoms with Crippen molar-refractivity contribution < 1.29 is 19.8 Å². The van der Waals surface area contributed by atoms with Gasteiger partial charge in [0.25, 0.3) is 5.91 Å². The Morgan fingerprint density at radius 2 is 1.15 bits per heavy atom. The lowest BCUT2D eigenvalue weighted by atomic mass is 9.97. The largest absolute Gasteiger partial charge is 0.505 e. The van der Waals surface area contributed by atoms with E-state index in [0.29, 0.717) is 59.2 Å². The zero-order chi connectivity index (χ0) is 37.9. The molecule has 0 aromatic heterocycles. The molecule has 12 heteroatoms. The highest BCUT2D eigenvalue weighted by atomic mass is 35.5. The van der Waals surface area contributed by atoms with Crippen molar-refractivity contribution in [3.05, 3.63) is 159 Å². The Balaban J connectivity index is 1.12. The van der Waals surface area contributed by atoms with Gasteiger partial charge in [-0.25, -0.2) is 0 Å². The fourth-order valence-corrected chi connectivity index (χ4v) is 6.35. The Kier molecular flexibility index (Phi) is 10.4. The van der Waals surface area contributed by atoms with E-state index in [1.54, 1.807) is 91.0 Å². The van der Waals surface area contributed by atoms with Crippen molar-refractivity contribution in [3.8, 4) is 11.5 Å². The number of amides is 1. The summed E-state index contributed by atoms with van der Waals surface area (Å²) in [6.45, 7) is 1.90. The first kappa shape index (κ1) is 36.2. The number of aromatic hydroxyl groups is 2. The van der Waals surface area contributed by atoms with Gasteiger partial charge in [0.15, 0.2) is 17.3 Å². The maximum atomic E-state index is 13.6. The number of aryl methyl sites for hydroxylation is 1. The number of nitrogens with zero attached hydrogens (tertiary/aromatic N) is 4. The molecule has 0 aliphatic carbocycles. The van der Waals surface area contributed by atoms with Crippen molar-refractivity contribution >= 4 is 96.5 Å². The fourth-order valence-electron chi connectivity index (χ4n) is 5.88. The molecule has 266 valence electrons. The highest BCUT2D eigenvalue weighted by Gasteiger charge is 2.21. The summed E-state index contributed by atoms with van der Waals surface area (Å²) in [5.74, 6) is -1.60. The zero-order valence-electron chi connectivity index (χ0n) is 28.4. The quantitative estimate of drug-likeness (QED) is 0.0993. The maximum absolute atomic E-state index is 13.6. The molecule has 0 aliphatic rings. The molecule has 0 saturated heterocycles. The van der Waals surface area contributed by atoms with Crippen LogP contribution in [0.1, 0.15) is 31.8 Å². The van der Waals surface area contributed by atoms with Gasteiger partial charge in [-0.2, -0.15) is 0 Å². The summed E-state index contributed by atoms with van der Waals surface area (Å²) in [6.07, 6.45) is -0.0540. The SMILES string of the molecule is Cc1ccc(Cl)c(N=Nc2c(O)c(C(=O)Nc3ccc(CC(=O)c4cc5ccccc5c(N=Nc5cc(Cl)ccc5Cl)c4O)cc3)cc3ccccc23)c1. The standard InChI is InChI=1S/C42H28Cl3N5O4/c1-23-10-16-33(44)35(18-23)47-50-39-30-9-5-3-7-26(30)21-32(41(39)53)42(54)46-28-14-11-24(12-15-28)19-37(51)31-20-25-6-2-4-8-29(25)38(40(31)52)49-48-36-22-27(43)13-17-34(36)45/h2-18,20-22,52-53H,19H2,1H3,(H,46,54). The first-order chi connectivity index (χ1) is 26.0. The summed E-state index contributed by atoms with van der Waals surface area (Å²) < 4.78 is 0. The lowest BCUT2D eigenvalue weighted by Gasteiger charge is -2.12. The third-order valence-electron chi connectivity index (χ3n) is 8.64. The van der Waals surface area contributed by atoms with E-state index in [4.69, 9.17) is 34.8 Å². The molecule has 0 radical (unpaired) electrons. The van der Waals surface area contributed by atoms with Gasteiger partial charge in [0, 0.05) is 27.9 Å². The molecule has 3 N–H and O–H groups in total. The molecule has 7 rings (SSSR count). The Morgan fingerprint density at radius 1 is 0.611 bits per heavy atom. The van der Waals surface area contributed by atoms with Crippen molar-refractivity contribution in [1.82, 2.24) is 0 Å². The van der Waals surface area contributed by atoms with E-state index in [1.807, 2.05) is 37.3 Å². The number of azo groups is 2. The van der Waals surface area contributed by atoms with Crippen LogP contribution in [-0.4, -0.2) is 21.9 Å². The number of nitrogens with one attached hydrogen (secondary N) is 1. The Bertz CT molecular complexity index is 2500. The summed E-state index contributed by atoms with van der Waals surface area (Å²) in [7, 11) is 0. The third-order valence-corrected chi connectivity index (χ3v) is 9.51. The number of benzene rings is 7. The van der Waals surface area contributed by atoms with Crippen LogP contribution in [0.2, 0.25) is 15.1 Å². The lowest BCUT2D eigenvalue weighted by Crippen LogP contribution is -2.12. The third kappa shape index (κ3) is 7.65. The molecule has 0 aliphatic heterocycles. The summed E-state index contributed by atoms with van der Waals surface area (Å²) >= 11 is 18.7. The van der Waals surface area contributed by atoms with E-state index >= 15 is 0 Å². The average molecular weight is 773 g/mol. The number of hydrogen-bond acceptors (Lipinski definition) is 8. The number of Topliss-reactive ketones (excluding diaryl/α,β-unsaturated/α-hetero) is 1. The number of anilines is 1. The summed E-state index contributed by atoms with van der Waals surface area (Å²) in [6, 6.07) is 34.4. The number of carbonyl (C=O) groups is 2. The minimum atomic E-state index is -0.575. The van der Waals surface area contributed by atoms with Gasteiger partial charge in [0.2, 0.25) is 0 Å². The van der Waals surface area contributed by atoms with Crippen LogP contribution < -0.4 is 5.32 Å². The van der Waals surface area contributed by atoms with Crippen molar-refractivity contribution in [3.63, 3.8) is 0 Å². The molecule has 7 aromatic rings. The second-order valence-electron chi connectivity index (χ2n) is 12.4.